The SMILES string of the molecule is C#CCC(C/C=N/OCc1ccccc1)(C(=O)OCC)C(=O)OCC. The molecule has 0 bridgehead atoms. The van der Waals surface area contributed by atoms with Crippen LogP contribution in [0.4, 0.5) is 0 Å². The van der Waals surface area contributed by atoms with Crippen molar-refractivity contribution in [3.05, 3.63) is 35.9 Å². The Labute approximate surface area is 148 Å². The second-order valence-electron chi connectivity index (χ2n) is 5.16. The van der Waals surface area contributed by atoms with Crippen LogP contribution in [-0.4, -0.2) is 31.4 Å². The zero-order valence-electron chi connectivity index (χ0n) is 14.6. The molecule has 1 aromatic carbocycles. The van der Waals surface area contributed by atoms with Gasteiger partial charge in [0.15, 0.2) is 5.41 Å². The molecule has 0 atom stereocenters. The lowest BCUT2D eigenvalue weighted by Crippen LogP contribution is -2.42. The molecule has 1 aromatic rings. The number of carbonyl (C=O) groups excluding carboxylic acids is 2. The lowest BCUT2D eigenvalue weighted by molar-refractivity contribution is -0.171. The van der Waals surface area contributed by atoms with Gasteiger partial charge < -0.3 is 14.3 Å². The monoisotopic (exact) mass is 345 g/mol. The normalized spacial score (nSPS) is 10.9. The minimum absolute atomic E-state index is 0.0658. The largest absolute Gasteiger partial charge is 0.465 e. The van der Waals surface area contributed by atoms with Crippen molar-refractivity contribution < 1.29 is 23.9 Å². The molecule has 0 aliphatic carbocycles. The van der Waals surface area contributed by atoms with Crippen LogP contribution < -0.4 is 0 Å². The first-order valence-electron chi connectivity index (χ1n) is 8.06. The van der Waals surface area contributed by atoms with E-state index < -0.39 is 17.4 Å². The molecule has 0 radical (unpaired) electrons. The average molecular weight is 345 g/mol. The molecule has 6 nitrogen and oxygen atoms in total. The third-order valence-electron chi connectivity index (χ3n) is 3.40. The minimum Gasteiger partial charge on any atom is -0.465 e. The van der Waals surface area contributed by atoms with Gasteiger partial charge in [-0.25, -0.2) is 0 Å². The van der Waals surface area contributed by atoms with Gasteiger partial charge in [-0.1, -0.05) is 35.5 Å². The molecule has 0 N–H and O–H groups in total. The van der Waals surface area contributed by atoms with Crippen LogP contribution in [0.25, 0.3) is 0 Å². The van der Waals surface area contributed by atoms with Crippen LogP contribution in [0.1, 0.15) is 32.3 Å². The van der Waals surface area contributed by atoms with Crippen molar-refractivity contribution >= 4 is 18.2 Å². The highest BCUT2D eigenvalue weighted by Crippen LogP contribution is 2.29. The molecule has 0 saturated carbocycles. The number of carbonyl (C=O) groups is 2. The van der Waals surface area contributed by atoms with Gasteiger partial charge in [0.1, 0.15) is 6.61 Å². The van der Waals surface area contributed by atoms with Gasteiger partial charge in [-0.2, -0.15) is 0 Å². The summed E-state index contributed by atoms with van der Waals surface area (Å²) in [5, 5.41) is 3.81. The summed E-state index contributed by atoms with van der Waals surface area (Å²) in [6.45, 7) is 3.85. The summed E-state index contributed by atoms with van der Waals surface area (Å²) >= 11 is 0. The number of rotatable bonds is 10. The fourth-order valence-electron chi connectivity index (χ4n) is 2.11. The Kier molecular flexibility index (Phi) is 8.80. The van der Waals surface area contributed by atoms with Crippen LogP contribution in [-0.2, 0) is 30.5 Å². The highest BCUT2D eigenvalue weighted by molar-refractivity contribution is 6.02. The van der Waals surface area contributed by atoms with Gasteiger partial charge in [0.25, 0.3) is 0 Å². The van der Waals surface area contributed by atoms with Crippen molar-refractivity contribution in [2.24, 2.45) is 10.6 Å². The first kappa shape index (κ1) is 20.2. The maximum Gasteiger partial charge on any atom is 0.324 e. The van der Waals surface area contributed by atoms with E-state index in [0.29, 0.717) is 0 Å². The van der Waals surface area contributed by atoms with E-state index in [9.17, 15) is 9.59 Å². The molecular formula is C19H23NO5. The van der Waals surface area contributed by atoms with Gasteiger partial charge in [0, 0.05) is 19.1 Å². The molecule has 134 valence electrons. The Morgan fingerprint density at radius 1 is 1.16 bits per heavy atom. The Hall–Kier alpha value is -2.81. The lowest BCUT2D eigenvalue weighted by Gasteiger charge is -2.25. The summed E-state index contributed by atoms with van der Waals surface area (Å²) in [4.78, 5) is 29.9. The van der Waals surface area contributed by atoms with Crippen molar-refractivity contribution in [1.29, 1.82) is 0 Å². The van der Waals surface area contributed by atoms with Crippen LogP contribution in [0.2, 0.25) is 0 Å². The quantitative estimate of drug-likeness (QED) is 0.214. The molecule has 0 spiro atoms. The van der Waals surface area contributed by atoms with Gasteiger partial charge in [-0.3, -0.25) is 9.59 Å². The standard InChI is InChI=1S/C19H23NO5/c1-4-12-19(17(21)23-5-2,18(22)24-6-3)13-14-20-25-15-16-10-8-7-9-11-16/h1,7-11,14H,5-6,12-13,15H2,2-3H3/b20-14+. The Morgan fingerprint density at radius 3 is 2.28 bits per heavy atom. The van der Waals surface area contributed by atoms with Crippen molar-refractivity contribution in [3.63, 3.8) is 0 Å². The molecule has 6 heteroatoms. The molecule has 0 aliphatic heterocycles. The average Bonchev–Trinajstić information content (AvgIpc) is 2.61. The highest BCUT2D eigenvalue weighted by atomic mass is 16.6. The van der Waals surface area contributed by atoms with Crippen LogP contribution >= 0.6 is 0 Å². The fourth-order valence-corrected chi connectivity index (χ4v) is 2.11. The molecule has 0 fully saturated rings. The Morgan fingerprint density at radius 2 is 1.76 bits per heavy atom. The summed E-state index contributed by atoms with van der Waals surface area (Å²) < 4.78 is 10.0. The second-order valence-corrected chi connectivity index (χ2v) is 5.16. The van der Waals surface area contributed by atoms with Crippen molar-refractivity contribution in [2.75, 3.05) is 13.2 Å². The van der Waals surface area contributed by atoms with E-state index in [1.807, 2.05) is 30.3 Å². The number of terminal acetylenes is 1. The van der Waals surface area contributed by atoms with Crippen LogP contribution in [0.15, 0.2) is 35.5 Å². The lowest BCUT2D eigenvalue weighted by atomic mass is 9.81. The van der Waals surface area contributed by atoms with E-state index in [1.165, 1.54) is 6.21 Å². The molecule has 0 aliphatic rings. The molecule has 0 aromatic heterocycles. The van der Waals surface area contributed by atoms with E-state index in [4.69, 9.17) is 20.7 Å². The molecule has 1 rings (SSSR count). The van der Waals surface area contributed by atoms with Crippen molar-refractivity contribution in [3.8, 4) is 12.3 Å². The first-order chi connectivity index (χ1) is 12.1. The third-order valence-corrected chi connectivity index (χ3v) is 3.40. The Bertz CT molecular complexity index is 600. The highest BCUT2D eigenvalue weighted by Gasteiger charge is 2.47. The summed E-state index contributed by atoms with van der Waals surface area (Å²) in [5.41, 5.74) is -0.661. The number of hydrogen-bond acceptors (Lipinski definition) is 6. The smallest absolute Gasteiger partial charge is 0.324 e. The second kappa shape index (κ2) is 10.9. The summed E-state index contributed by atoms with van der Waals surface area (Å²) in [7, 11) is 0. The summed E-state index contributed by atoms with van der Waals surface area (Å²) in [5.74, 6) is 0.907. The van der Waals surface area contributed by atoms with Crippen LogP contribution in [0.5, 0.6) is 0 Å². The van der Waals surface area contributed by atoms with E-state index >= 15 is 0 Å². The zero-order chi connectivity index (χ0) is 18.5. The third kappa shape index (κ3) is 5.96. The predicted molar refractivity (Wildman–Crippen MR) is 93.5 cm³/mol. The molecular weight excluding hydrogens is 322 g/mol. The van der Waals surface area contributed by atoms with Crippen LogP contribution in [0, 0.1) is 17.8 Å². The van der Waals surface area contributed by atoms with E-state index in [-0.39, 0.29) is 32.7 Å². The maximum atomic E-state index is 12.3. The molecule has 0 amide bonds. The van der Waals surface area contributed by atoms with E-state index in [0.717, 1.165) is 5.56 Å². The number of benzene rings is 1. The number of hydrogen-bond donors (Lipinski definition) is 0. The molecule has 0 saturated heterocycles. The molecule has 0 unspecified atom stereocenters. The first-order valence-corrected chi connectivity index (χ1v) is 8.06. The molecule has 25 heavy (non-hydrogen) atoms. The zero-order valence-corrected chi connectivity index (χ0v) is 14.6. The predicted octanol–water partition coefficient (Wildman–Crippen LogP) is 2.72. The van der Waals surface area contributed by atoms with Gasteiger partial charge in [0.05, 0.1) is 13.2 Å². The van der Waals surface area contributed by atoms with Gasteiger partial charge in [-0.15, -0.1) is 12.3 Å². The van der Waals surface area contributed by atoms with Crippen molar-refractivity contribution in [2.45, 2.75) is 33.3 Å². The van der Waals surface area contributed by atoms with Crippen LogP contribution in [0.3, 0.4) is 0 Å². The van der Waals surface area contributed by atoms with Crippen molar-refractivity contribution in [1.82, 2.24) is 0 Å². The van der Waals surface area contributed by atoms with E-state index in [2.05, 4.69) is 11.1 Å². The summed E-state index contributed by atoms with van der Waals surface area (Å²) in [6.07, 6.45) is 6.48. The van der Waals surface area contributed by atoms with Gasteiger partial charge in [0.2, 0.25) is 0 Å². The number of nitrogens with zero attached hydrogens (tertiary/aromatic N) is 1. The molecule has 0 heterocycles. The maximum absolute atomic E-state index is 12.3. The number of ether oxygens (including phenoxy) is 2. The van der Waals surface area contributed by atoms with E-state index in [1.54, 1.807) is 13.8 Å². The van der Waals surface area contributed by atoms with Gasteiger partial charge >= 0.3 is 11.9 Å². The topological polar surface area (TPSA) is 74.2 Å². The minimum atomic E-state index is -1.61. The fraction of sp³-hybridized carbons (Fsp3) is 0.421. The summed E-state index contributed by atoms with van der Waals surface area (Å²) in [6, 6.07) is 9.48. The number of oxime groups is 1. The number of esters is 2. The van der Waals surface area contributed by atoms with Gasteiger partial charge in [-0.05, 0) is 19.4 Å². The Balaban J connectivity index is 2.80.